The minimum Gasteiger partial charge on any atom is -0.361 e. The topological polar surface area (TPSA) is 27.8 Å². The number of rotatable bonds is 5. The van der Waals surface area contributed by atoms with E-state index in [4.69, 9.17) is 0 Å². The van der Waals surface area contributed by atoms with Crippen LogP contribution in [0.25, 0.3) is 12.2 Å². The number of aromatic amines is 1. The fraction of sp³-hybridized carbons (Fsp3) is 0.625. The van der Waals surface area contributed by atoms with Crippen LogP contribution in [0.5, 0.6) is 0 Å². The minimum atomic E-state index is 0.466. The summed E-state index contributed by atoms with van der Waals surface area (Å²) in [5.74, 6) is 0.708. The number of fused-ring (bicyclic) bond motifs is 1. The van der Waals surface area contributed by atoms with E-state index in [0.717, 1.165) is 0 Å². The second kappa shape index (κ2) is 5.75. The lowest BCUT2D eigenvalue weighted by atomic mass is 9.96. The highest BCUT2D eigenvalue weighted by molar-refractivity contribution is 5.40. The van der Waals surface area contributed by atoms with Crippen molar-refractivity contribution in [1.82, 2.24) is 10.3 Å². The highest BCUT2D eigenvalue weighted by Gasteiger charge is 2.17. The summed E-state index contributed by atoms with van der Waals surface area (Å²) >= 11 is 0. The molecule has 2 rings (SSSR count). The van der Waals surface area contributed by atoms with Crippen molar-refractivity contribution < 1.29 is 0 Å². The molecule has 2 N–H and O–H groups in total. The molecule has 0 radical (unpaired) electrons. The predicted octanol–water partition coefficient (Wildman–Crippen LogP) is 2.45. The van der Waals surface area contributed by atoms with Crippen LogP contribution >= 0.6 is 0 Å². The van der Waals surface area contributed by atoms with Gasteiger partial charge in [0, 0.05) is 23.6 Å². The number of hydrogen-bond acceptors (Lipinski definition) is 1. The average molecular weight is 246 g/mol. The van der Waals surface area contributed by atoms with Gasteiger partial charge in [0.2, 0.25) is 0 Å². The summed E-state index contributed by atoms with van der Waals surface area (Å²) in [4.78, 5) is 3.43. The molecule has 0 saturated heterocycles. The van der Waals surface area contributed by atoms with Gasteiger partial charge in [0.25, 0.3) is 0 Å². The van der Waals surface area contributed by atoms with E-state index in [1.165, 1.54) is 35.4 Å². The third-order valence-corrected chi connectivity index (χ3v) is 3.46. The second-order valence-electron chi connectivity index (χ2n) is 6.06. The van der Waals surface area contributed by atoms with Crippen molar-refractivity contribution in [2.24, 2.45) is 5.92 Å². The van der Waals surface area contributed by atoms with Gasteiger partial charge in [-0.3, -0.25) is 0 Å². The van der Waals surface area contributed by atoms with Crippen molar-refractivity contribution >= 4 is 12.2 Å². The maximum absolute atomic E-state index is 3.71. The smallest absolute Gasteiger partial charge is 0.0413 e. The molecule has 1 aliphatic carbocycles. The molecule has 1 aliphatic rings. The first-order valence-electron chi connectivity index (χ1n) is 7.21. The molecule has 1 aromatic rings. The fourth-order valence-electron chi connectivity index (χ4n) is 2.77. The molecule has 0 bridgehead atoms. The molecule has 1 heterocycles. The van der Waals surface area contributed by atoms with Gasteiger partial charge in [-0.25, -0.2) is 0 Å². The molecule has 0 fully saturated rings. The predicted molar refractivity (Wildman–Crippen MR) is 78.7 cm³/mol. The summed E-state index contributed by atoms with van der Waals surface area (Å²) in [6.45, 7) is 9.04. The largest absolute Gasteiger partial charge is 0.361 e. The van der Waals surface area contributed by atoms with Crippen LogP contribution in [0.2, 0.25) is 0 Å². The van der Waals surface area contributed by atoms with E-state index in [1.807, 2.05) is 0 Å². The Morgan fingerprint density at radius 3 is 2.56 bits per heavy atom. The Labute approximate surface area is 110 Å². The number of H-pyrrole nitrogens is 1. The summed E-state index contributed by atoms with van der Waals surface area (Å²) in [5, 5.41) is 6.46. The highest BCUT2D eigenvalue weighted by atomic mass is 14.9. The molecular formula is C16H26N2. The lowest BCUT2D eigenvalue weighted by Gasteiger charge is -2.22. The van der Waals surface area contributed by atoms with Gasteiger partial charge in [0.1, 0.15) is 0 Å². The Morgan fingerprint density at radius 2 is 1.89 bits per heavy atom. The van der Waals surface area contributed by atoms with Crippen molar-refractivity contribution in [2.75, 3.05) is 0 Å². The minimum absolute atomic E-state index is 0.466. The Bertz CT molecular complexity index is 484. The van der Waals surface area contributed by atoms with Crippen LogP contribution in [0.4, 0.5) is 0 Å². The van der Waals surface area contributed by atoms with Crippen LogP contribution in [-0.4, -0.2) is 11.0 Å². The molecule has 1 unspecified atom stereocenters. The number of nitrogens with one attached hydrogen (secondary N) is 2. The van der Waals surface area contributed by atoms with E-state index < -0.39 is 0 Å². The zero-order valence-electron chi connectivity index (χ0n) is 12.1. The molecule has 0 spiro atoms. The van der Waals surface area contributed by atoms with Crippen LogP contribution in [0, 0.1) is 5.92 Å². The van der Waals surface area contributed by atoms with Gasteiger partial charge < -0.3 is 10.3 Å². The van der Waals surface area contributed by atoms with E-state index in [-0.39, 0.29) is 0 Å². The molecule has 1 aromatic heterocycles. The molecule has 0 amide bonds. The first-order valence-corrected chi connectivity index (χ1v) is 7.21. The Morgan fingerprint density at radius 1 is 1.17 bits per heavy atom. The lowest BCUT2D eigenvalue weighted by Crippen LogP contribution is -2.35. The first-order chi connectivity index (χ1) is 8.58. The summed E-state index contributed by atoms with van der Waals surface area (Å²) in [5.41, 5.74) is 1.45. The second-order valence-corrected chi connectivity index (χ2v) is 6.06. The standard InChI is InChI=1S/C16H26N2/c1-11(2)9-16(18-12(3)4)14-10-17-15-8-6-5-7-13(14)15/h7-8,10-12,16-18H,5-6,9H2,1-4H3. The zero-order chi connectivity index (χ0) is 13.1. The van der Waals surface area contributed by atoms with Crippen LogP contribution in [-0.2, 0) is 0 Å². The molecule has 18 heavy (non-hydrogen) atoms. The van der Waals surface area contributed by atoms with Crippen LogP contribution in [0.1, 0.15) is 58.6 Å². The number of aromatic nitrogens is 1. The third-order valence-electron chi connectivity index (χ3n) is 3.46. The van der Waals surface area contributed by atoms with Gasteiger partial charge in [0.15, 0.2) is 0 Å². The Balaban J connectivity index is 2.34. The highest BCUT2D eigenvalue weighted by Crippen LogP contribution is 2.19. The SMILES string of the molecule is CC(C)CC(NC(C)C)c1c[nH]c2c1=CCCC=2. The van der Waals surface area contributed by atoms with Crippen LogP contribution in [0.15, 0.2) is 6.20 Å². The van der Waals surface area contributed by atoms with Gasteiger partial charge in [-0.15, -0.1) is 0 Å². The Hall–Kier alpha value is -1.02. The molecule has 2 nitrogen and oxygen atoms in total. The van der Waals surface area contributed by atoms with Crippen molar-refractivity contribution in [2.45, 2.75) is 59.0 Å². The first kappa shape index (κ1) is 13.4. The van der Waals surface area contributed by atoms with E-state index >= 15 is 0 Å². The van der Waals surface area contributed by atoms with Crippen molar-refractivity contribution in [3.63, 3.8) is 0 Å². The monoisotopic (exact) mass is 246 g/mol. The van der Waals surface area contributed by atoms with Gasteiger partial charge in [-0.1, -0.05) is 39.8 Å². The van der Waals surface area contributed by atoms with E-state index in [2.05, 4.69) is 56.3 Å². The fourth-order valence-corrected chi connectivity index (χ4v) is 2.77. The quantitative estimate of drug-likeness (QED) is 0.820. The van der Waals surface area contributed by atoms with E-state index in [9.17, 15) is 0 Å². The molecule has 0 saturated carbocycles. The number of hydrogen-bond donors (Lipinski definition) is 2. The van der Waals surface area contributed by atoms with Gasteiger partial charge in [-0.2, -0.15) is 0 Å². The summed E-state index contributed by atoms with van der Waals surface area (Å²) in [6.07, 6.45) is 10.4. The lowest BCUT2D eigenvalue weighted by molar-refractivity contribution is 0.400. The zero-order valence-corrected chi connectivity index (χ0v) is 12.1. The summed E-state index contributed by atoms with van der Waals surface area (Å²) in [7, 11) is 0. The van der Waals surface area contributed by atoms with Crippen molar-refractivity contribution in [3.8, 4) is 0 Å². The molecule has 0 aliphatic heterocycles. The molecular weight excluding hydrogens is 220 g/mol. The van der Waals surface area contributed by atoms with Crippen molar-refractivity contribution in [3.05, 3.63) is 22.3 Å². The molecule has 100 valence electrons. The van der Waals surface area contributed by atoms with Gasteiger partial charge in [-0.05, 0) is 36.0 Å². The van der Waals surface area contributed by atoms with Crippen molar-refractivity contribution in [1.29, 1.82) is 0 Å². The average Bonchev–Trinajstić information content (AvgIpc) is 2.70. The Kier molecular flexibility index (Phi) is 4.28. The van der Waals surface area contributed by atoms with Crippen LogP contribution in [0.3, 0.4) is 0 Å². The third kappa shape index (κ3) is 3.05. The molecule has 0 aromatic carbocycles. The molecule has 1 atom stereocenters. The normalized spacial score (nSPS) is 16.3. The van der Waals surface area contributed by atoms with Gasteiger partial charge in [0.05, 0.1) is 0 Å². The molecule has 2 heteroatoms. The maximum atomic E-state index is 3.71. The summed E-state index contributed by atoms with van der Waals surface area (Å²) < 4.78 is 0. The van der Waals surface area contributed by atoms with E-state index in [0.29, 0.717) is 18.0 Å². The maximum Gasteiger partial charge on any atom is 0.0413 e. The van der Waals surface area contributed by atoms with Gasteiger partial charge >= 0.3 is 0 Å². The van der Waals surface area contributed by atoms with Crippen LogP contribution < -0.4 is 15.9 Å². The summed E-state index contributed by atoms with van der Waals surface area (Å²) in [6, 6.07) is 0.986. The van der Waals surface area contributed by atoms with E-state index in [1.54, 1.807) is 0 Å².